The predicted molar refractivity (Wildman–Crippen MR) is 78.2 cm³/mol. The first kappa shape index (κ1) is 17.1. The summed E-state index contributed by atoms with van der Waals surface area (Å²) in [6, 6.07) is 5.34. The summed E-state index contributed by atoms with van der Waals surface area (Å²) in [7, 11) is 0. The topological polar surface area (TPSA) is 74.3 Å². The molecule has 1 aromatic carbocycles. The first-order valence-electron chi connectivity index (χ1n) is 7.13. The van der Waals surface area contributed by atoms with Crippen molar-refractivity contribution < 1.29 is 27.8 Å². The minimum Gasteiger partial charge on any atom is -0.406 e. The number of aromatic amines is 1. The van der Waals surface area contributed by atoms with Crippen LogP contribution in [0.25, 0.3) is 10.9 Å². The predicted octanol–water partition coefficient (Wildman–Crippen LogP) is 2.96. The lowest BCUT2D eigenvalue weighted by Gasteiger charge is -2.08. The zero-order valence-corrected chi connectivity index (χ0v) is 12.4. The summed E-state index contributed by atoms with van der Waals surface area (Å²) in [5.74, 6) is -0.743. The molecule has 0 aliphatic carbocycles. The Bertz CT molecular complexity index is 682. The first-order chi connectivity index (χ1) is 10.8. The zero-order valence-electron chi connectivity index (χ0n) is 12.4. The van der Waals surface area contributed by atoms with E-state index in [1.807, 2.05) is 6.92 Å². The Kier molecular flexibility index (Phi) is 5.15. The number of halogens is 3. The summed E-state index contributed by atoms with van der Waals surface area (Å²) in [5, 5.41) is 12.6. The van der Waals surface area contributed by atoms with E-state index in [-0.39, 0.29) is 17.4 Å². The number of amides is 1. The maximum atomic E-state index is 12.2. The minimum atomic E-state index is -4.76. The van der Waals surface area contributed by atoms with Crippen molar-refractivity contribution in [3.63, 3.8) is 0 Å². The standard InChI is InChI=1S/C15H17F3N2O3/c1-2-10(21)5-6-19-14(22)13-7-9-3-4-11(8-12(9)20-13)23-15(16,17)18/h3-4,7-8,10,20-21H,2,5-6H2,1H3,(H,19,22). The Balaban J connectivity index is 2.06. The fraction of sp³-hybridized carbons (Fsp3) is 0.400. The van der Waals surface area contributed by atoms with Gasteiger partial charge in [0, 0.05) is 23.5 Å². The van der Waals surface area contributed by atoms with E-state index in [1.165, 1.54) is 24.3 Å². The van der Waals surface area contributed by atoms with Gasteiger partial charge >= 0.3 is 6.36 Å². The zero-order chi connectivity index (χ0) is 17.0. The number of benzene rings is 1. The third-order valence-corrected chi connectivity index (χ3v) is 3.31. The number of hydrogen-bond donors (Lipinski definition) is 3. The fourth-order valence-corrected chi connectivity index (χ4v) is 2.08. The van der Waals surface area contributed by atoms with Gasteiger partial charge in [-0.2, -0.15) is 0 Å². The molecule has 1 unspecified atom stereocenters. The molecule has 2 rings (SSSR count). The normalized spacial score (nSPS) is 13.1. The second-order valence-corrected chi connectivity index (χ2v) is 5.09. The Morgan fingerprint density at radius 1 is 1.39 bits per heavy atom. The monoisotopic (exact) mass is 330 g/mol. The molecular weight excluding hydrogens is 313 g/mol. The highest BCUT2D eigenvalue weighted by Gasteiger charge is 2.31. The van der Waals surface area contributed by atoms with Crippen molar-refractivity contribution in [3.8, 4) is 5.75 Å². The number of ether oxygens (including phenoxy) is 1. The van der Waals surface area contributed by atoms with E-state index in [9.17, 15) is 23.1 Å². The molecule has 0 saturated carbocycles. The summed E-state index contributed by atoms with van der Waals surface area (Å²) < 4.78 is 40.4. The summed E-state index contributed by atoms with van der Waals surface area (Å²) in [5.41, 5.74) is 0.598. The molecule has 1 aromatic heterocycles. The van der Waals surface area contributed by atoms with Crippen LogP contribution < -0.4 is 10.1 Å². The maximum absolute atomic E-state index is 12.2. The number of carbonyl (C=O) groups excluding carboxylic acids is 1. The molecule has 8 heteroatoms. The highest BCUT2D eigenvalue weighted by atomic mass is 19.4. The quantitative estimate of drug-likeness (QED) is 0.762. The number of aromatic nitrogens is 1. The van der Waals surface area contributed by atoms with Crippen LogP contribution in [0.5, 0.6) is 5.75 Å². The van der Waals surface area contributed by atoms with Gasteiger partial charge in [0.2, 0.25) is 0 Å². The molecule has 0 fully saturated rings. The van der Waals surface area contributed by atoms with E-state index < -0.39 is 12.5 Å². The van der Waals surface area contributed by atoms with Crippen molar-refractivity contribution in [2.24, 2.45) is 0 Å². The number of hydrogen-bond acceptors (Lipinski definition) is 3. The maximum Gasteiger partial charge on any atom is 0.573 e. The fourth-order valence-electron chi connectivity index (χ4n) is 2.08. The molecule has 0 bridgehead atoms. The van der Waals surface area contributed by atoms with Crippen LogP contribution in [-0.4, -0.2) is 35.0 Å². The van der Waals surface area contributed by atoms with E-state index in [0.717, 1.165) is 0 Å². The van der Waals surface area contributed by atoms with Crippen LogP contribution in [0, 0.1) is 0 Å². The Labute approximate surface area is 130 Å². The molecule has 0 saturated heterocycles. The van der Waals surface area contributed by atoms with Gasteiger partial charge in [0.1, 0.15) is 11.4 Å². The number of alkyl halides is 3. The lowest BCUT2D eigenvalue weighted by molar-refractivity contribution is -0.274. The number of fused-ring (bicyclic) bond motifs is 1. The van der Waals surface area contributed by atoms with Crippen LogP contribution in [0.3, 0.4) is 0 Å². The third-order valence-electron chi connectivity index (χ3n) is 3.31. The molecule has 5 nitrogen and oxygen atoms in total. The molecule has 0 spiro atoms. The van der Waals surface area contributed by atoms with Gasteiger partial charge in [-0.15, -0.1) is 13.2 Å². The van der Waals surface area contributed by atoms with Gasteiger partial charge in [-0.3, -0.25) is 4.79 Å². The first-order valence-corrected chi connectivity index (χ1v) is 7.13. The number of carbonyl (C=O) groups is 1. The number of rotatable bonds is 6. The molecule has 0 aliphatic rings. The third kappa shape index (κ3) is 4.88. The number of aliphatic hydroxyl groups excluding tert-OH is 1. The molecule has 0 radical (unpaired) electrons. The van der Waals surface area contributed by atoms with Gasteiger partial charge in [0.05, 0.1) is 6.10 Å². The van der Waals surface area contributed by atoms with Crippen molar-refractivity contribution in [1.29, 1.82) is 0 Å². The van der Waals surface area contributed by atoms with E-state index >= 15 is 0 Å². The van der Waals surface area contributed by atoms with E-state index in [1.54, 1.807) is 0 Å². The highest BCUT2D eigenvalue weighted by molar-refractivity contribution is 5.98. The lowest BCUT2D eigenvalue weighted by Crippen LogP contribution is -2.27. The molecular formula is C15H17F3N2O3. The number of H-pyrrole nitrogens is 1. The number of nitrogens with one attached hydrogen (secondary N) is 2. The second kappa shape index (κ2) is 6.91. The van der Waals surface area contributed by atoms with Crippen LogP contribution in [0.1, 0.15) is 30.3 Å². The van der Waals surface area contributed by atoms with Crippen LogP contribution >= 0.6 is 0 Å². The van der Waals surface area contributed by atoms with Crippen molar-refractivity contribution >= 4 is 16.8 Å². The Morgan fingerprint density at radius 3 is 2.78 bits per heavy atom. The molecule has 23 heavy (non-hydrogen) atoms. The minimum absolute atomic E-state index is 0.232. The Morgan fingerprint density at radius 2 is 2.13 bits per heavy atom. The molecule has 126 valence electrons. The average molecular weight is 330 g/mol. The SMILES string of the molecule is CCC(O)CCNC(=O)c1cc2ccc(OC(F)(F)F)cc2[nH]1. The summed E-state index contributed by atoms with van der Waals surface area (Å²) in [4.78, 5) is 14.7. The molecule has 2 aromatic rings. The van der Waals surface area contributed by atoms with Crippen molar-refractivity contribution in [3.05, 3.63) is 30.0 Å². The van der Waals surface area contributed by atoms with Gasteiger partial charge in [0.25, 0.3) is 5.91 Å². The van der Waals surface area contributed by atoms with Gasteiger partial charge in [-0.1, -0.05) is 6.92 Å². The summed E-state index contributed by atoms with van der Waals surface area (Å²) in [6.07, 6.45) is -4.20. The van der Waals surface area contributed by atoms with Gasteiger partial charge in [0.15, 0.2) is 0 Å². The molecule has 3 N–H and O–H groups in total. The second-order valence-electron chi connectivity index (χ2n) is 5.09. The van der Waals surface area contributed by atoms with Crippen molar-refractivity contribution in [2.45, 2.75) is 32.2 Å². The van der Waals surface area contributed by atoms with E-state index in [4.69, 9.17) is 0 Å². The van der Waals surface area contributed by atoms with Crippen LogP contribution in [0.2, 0.25) is 0 Å². The van der Waals surface area contributed by atoms with Crippen molar-refractivity contribution in [2.75, 3.05) is 6.54 Å². The van der Waals surface area contributed by atoms with Crippen molar-refractivity contribution in [1.82, 2.24) is 10.3 Å². The average Bonchev–Trinajstić information content (AvgIpc) is 2.88. The van der Waals surface area contributed by atoms with Gasteiger partial charge < -0.3 is 20.1 Å². The molecule has 1 amide bonds. The Hall–Kier alpha value is -2.22. The summed E-state index contributed by atoms with van der Waals surface area (Å²) >= 11 is 0. The van der Waals surface area contributed by atoms with Crippen LogP contribution in [-0.2, 0) is 0 Å². The smallest absolute Gasteiger partial charge is 0.406 e. The molecule has 1 atom stereocenters. The molecule has 0 aliphatic heterocycles. The highest BCUT2D eigenvalue weighted by Crippen LogP contribution is 2.26. The van der Waals surface area contributed by atoms with E-state index in [0.29, 0.717) is 30.3 Å². The van der Waals surface area contributed by atoms with Gasteiger partial charge in [-0.05, 0) is 31.0 Å². The largest absolute Gasteiger partial charge is 0.573 e. The van der Waals surface area contributed by atoms with Crippen LogP contribution in [0.4, 0.5) is 13.2 Å². The molecule has 1 heterocycles. The van der Waals surface area contributed by atoms with Crippen LogP contribution in [0.15, 0.2) is 24.3 Å². The van der Waals surface area contributed by atoms with Gasteiger partial charge in [-0.25, -0.2) is 0 Å². The summed E-state index contributed by atoms with van der Waals surface area (Å²) in [6.45, 7) is 2.15. The van der Waals surface area contributed by atoms with E-state index in [2.05, 4.69) is 15.0 Å². The lowest BCUT2D eigenvalue weighted by atomic mass is 10.2. The number of aliphatic hydroxyl groups is 1.